The molecule has 10 aromatic rings. The topological polar surface area (TPSA) is 51.8 Å². The van der Waals surface area contributed by atoms with Crippen LogP contribution in [0.2, 0.25) is 0 Å². The van der Waals surface area contributed by atoms with E-state index in [0.717, 1.165) is 65.9 Å². The standard InChI is InChI=1S/C45H27N3O/c1-3-11-30-23-34(19-17-28(30)9-1)38-25-32-13-5-6-14-33(32)26-40(38)45-47-43(35-20-18-29-10-2-4-12-31(29)24-35)46-44(48-45)36-21-22-42-39(27-36)37-15-7-8-16-41(37)49-42/h1-27H. The molecule has 8 aromatic carbocycles. The summed E-state index contributed by atoms with van der Waals surface area (Å²) < 4.78 is 6.15. The summed E-state index contributed by atoms with van der Waals surface area (Å²) in [5.74, 6) is 1.86. The van der Waals surface area contributed by atoms with Gasteiger partial charge in [0.25, 0.3) is 0 Å². The number of hydrogen-bond acceptors (Lipinski definition) is 4. The van der Waals surface area contributed by atoms with Crippen LogP contribution in [0.15, 0.2) is 168 Å². The number of nitrogens with zero attached hydrogens (tertiary/aromatic N) is 3. The van der Waals surface area contributed by atoms with E-state index in [1.54, 1.807) is 0 Å². The monoisotopic (exact) mass is 625 g/mol. The molecule has 0 fully saturated rings. The van der Waals surface area contributed by atoms with Crippen LogP contribution in [0.1, 0.15) is 0 Å². The number of fused-ring (bicyclic) bond motifs is 6. The lowest BCUT2D eigenvalue weighted by Crippen LogP contribution is -2.01. The van der Waals surface area contributed by atoms with Crippen LogP contribution >= 0.6 is 0 Å². The summed E-state index contributed by atoms with van der Waals surface area (Å²) in [4.78, 5) is 15.6. The normalized spacial score (nSPS) is 11.7. The Morgan fingerprint density at radius 2 is 0.776 bits per heavy atom. The average molecular weight is 626 g/mol. The molecule has 0 spiro atoms. The quantitative estimate of drug-likeness (QED) is 0.195. The predicted molar refractivity (Wildman–Crippen MR) is 201 cm³/mol. The zero-order valence-corrected chi connectivity index (χ0v) is 26.3. The minimum Gasteiger partial charge on any atom is -0.456 e. The summed E-state index contributed by atoms with van der Waals surface area (Å²) in [6.07, 6.45) is 0. The van der Waals surface area contributed by atoms with E-state index in [9.17, 15) is 0 Å². The van der Waals surface area contributed by atoms with Crippen molar-refractivity contribution in [3.63, 3.8) is 0 Å². The fraction of sp³-hybridized carbons (Fsp3) is 0. The molecule has 2 aromatic heterocycles. The lowest BCUT2D eigenvalue weighted by atomic mass is 9.93. The summed E-state index contributed by atoms with van der Waals surface area (Å²) in [7, 11) is 0. The van der Waals surface area contributed by atoms with Gasteiger partial charge in [-0.1, -0.05) is 115 Å². The molecule has 2 heterocycles. The van der Waals surface area contributed by atoms with Gasteiger partial charge in [0.15, 0.2) is 17.5 Å². The first-order valence-corrected chi connectivity index (χ1v) is 16.4. The molecule has 0 aliphatic carbocycles. The Hall–Kier alpha value is -6.65. The second kappa shape index (κ2) is 11.0. The van der Waals surface area contributed by atoms with Crippen molar-refractivity contribution in [3.8, 4) is 45.3 Å². The maximum atomic E-state index is 6.15. The van der Waals surface area contributed by atoms with Crippen molar-refractivity contribution in [2.45, 2.75) is 0 Å². The minimum absolute atomic E-state index is 0.609. The van der Waals surface area contributed by atoms with Crippen molar-refractivity contribution in [3.05, 3.63) is 164 Å². The Labute approximate surface area is 282 Å². The fourth-order valence-electron chi connectivity index (χ4n) is 6.97. The van der Waals surface area contributed by atoms with Crippen molar-refractivity contribution in [2.75, 3.05) is 0 Å². The highest BCUT2D eigenvalue weighted by molar-refractivity contribution is 6.06. The second-order valence-electron chi connectivity index (χ2n) is 12.5. The van der Waals surface area contributed by atoms with Gasteiger partial charge in [0.05, 0.1) is 0 Å². The molecule has 0 unspecified atom stereocenters. The highest BCUT2D eigenvalue weighted by atomic mass is 16.3. The summed E-state index contributed by atoms with van der Waals surface area (Å²) in [5, 5.41) is 9.09. The molecule has 4 heteroatoms. The van der Waals surface area contributed by atoms with Crippen molar-refractivity contribution < 1.29 is 4.42 Å². The lowest BCUT2D eigenvalue weighted by Gasteiger charge is -2.14. The van der Waals surface area contributed by atoms with E-state index in [1.807, 2.05) is 30.3 Å². The zero-order chi connectivity index (χ0) is 32.3. The smallest absolute Gasteiger partial charge is 0.164 e. The van der Waals surface area contributed by atoms with Gasteiger partial charge in [0.2, 0.25) is 0 Å². The largest absolute Gasteiger partial charge is 0.456 e. The van der Waals surface area contributed by atoms with Gasteiger partial charge in [-0.25, -0.2) is 15.0 Å². The molecule has 4 nitrogen and oxygen atoms in total. The summed E-state index contributed by atoms with van der Waals surface area (Å²) in [5.41, 5.74) is 6.67. The molecule has 49 heavy (non-hydrogen) atoms. The van der Waals surface area contributed by atoms with Crippen LogP contribution in [0.25, 0.3) is 99.5 Å². The Bertz CT molecular complexity index is 2900. The van der Waals surface area contributed by atoms with E-state index in [0.29, 0.717) is 17.5 Å². The van der Waals surface area contributed by atoms with Gasteiger partial charge in [-0.3, -0.25) is 0 Å². The minimum atomic E-state index is 0.609. The maximum absolute atomic E-state index is 6.15. The Balaban J connectivity index is 1.24. The van der Waals surface area contributed by atoms with Gasteiger partial charge in [-0.2, -0.15) is 0 Å². The number of para-hydroxylation sites is 1. The summed E-state index contributed by atoms with van der Waals surface area (Å²) in [6, 6.07) is 57.1. The predicted octanol–water partition coefficient (Wildman–Crippen LogP) is 11.9. The Kier molecular flexibility index (Phi) is 6.15. The molecule has 0 saturated carbocycles. The van der Waals surface area contributed by atoms with E-state index >= 15 is 0 Å². The van der Waals surface area contributed by atoms with E-state index in [4.69, 9.17) is 19.4 Å². The number of hydrogen-bond donors (Lipinski definition) is 0. The summed E-state index contributed by atoms with van der Waals surface area (Å²) >= 11 is 0. The van der Waals surface area contributed by atoms with Gasteiger partial charge in [0.1, 0.15) is 11.2 Å². The maximum Gasteiger partial charge on any atom is 0.164 e. The number of benzene rings is 8. The van der Waals surface area contributed by atoms with Crippen LogP contribution in [0.3, 0.4) is 0 Å². The summed E-state index contributed by atoms with van der Waals surface area (Å²) in [6.45, 7) is 0. The lowest BCUT2D eigenvalue weighted by molar-refractivity contribution is 0.669. The van der Waals surface area contributed by atoms with Gasteiger partial charge >= 0.3 is 0 Å². The molecule has 10 rings (SSSR count). The van der Waals surface area contributed by atoms with E-state index in [-0.39, 0.29) is 0 Å². The molecule has 0 N–H and O–H groups in total. The number of furan rings is 1. The van der Waals surface area contributed by atoms with Crippen molar-refractivity contribution in [1.29, 1.82) is 0 Å². The van der Waals surface area contributed by atoms with E-state index in [2.05, 4.69) is 133 Å². The Morgan fingerprint density at radius 1 is 0.306 bits per heavy atom. The first-order valence-electron chi connectivity index (χ1n) is 16.4. The molecule has 0 bridgehead atoms. The van der Waals surface area contributed by atoms with Crippen LogP contribution in [-0.2, 0) is 0 Å². The van der Waals surface area contributed by atoms with Crippen LogP contribution in [0.4, 0.5) is 0 Å². The first-order chi connectivity index (χ1) is 24.2. The zero-order valence-electron chi connectivity index (χ0n) is 26.3. The van der Waals surface area contributed by atoms with Gasteiger partial charge in [-0.15, -0.1) is 0 Å². The highest BCUT2D eigenvalue weighted by Gasteiger charge is 2.18. The molecule has 0 radical (unpaired) electrons. The molecule has 0 aliphatic rings. The first kappa shape index (κ1) is 27.5. The van der Waals surface area contributed by atoms with E-state index in [1.165, 1.54) is 16.2 Å². The third kappa shape index (κ3) is 4.73. The fourth-order valence-corrected chi connectivity index (χ4v) is 6.97. The highest BCUT2D eigenvalue weighted by Crippen LogP contribution is 2.38. The van der Waals surface area contributed by atoms with Crippen LogP contribution in [0.5, 0.6) is 0 Å². The molecule has 0 amide bonds. The van der Waals surface area contributed by atoms with Crippen LogP contribution in [-0.4, -0.2) is 15.0 Å². The molecule has 0 saturated heterocycles. The SMILES string of the molecule is c1ccc2cc(-c3nc(-c4ccc5oc6ccccc6c5c4)nc(-c4cc5ccccc5cc4-c4ccc5ccccc5c4)n3)ccc2c1. The van der Waals surface area contributed by atoms with Crippen molar-refractivity contribution in [1.82, 2.24) is 15.0 Å². The number of rotatable bonds is 4. The van der Waals surface area contributed by atoms with Crippen LogP contribution in [0, 0.1) is 0 Å². The van der Waals surface area contributed by atoms with E-state index < -0.39 is 0 Å². The molecular weight excluding hydrogens is 599 g/mol. The van der Waals surface area contributed by atoms with Crippen molar-refractivity contribution >= 4 is 54.3 Å². The van der Waals surface area contributed by atoms with Crippen molar-refractivity contribution in [2.24, 2.45) is 0 Å². The third-order valence-corrected chi connectivity index (χ3v) is 9.47. The number of aromatic nitrogens is 3. The molecule has 228 valence electrons. The Morgan fingerprint density at radius 3 is 1.47 bits per heavy atom. The van der Waals surface area contributed by atoms with Gasteiger partial charge < -0.3 is 4.42 Å². The van der Waals surface area contributed by atoms with Gasteiger partial charge in [-0.05, 0) is 92.0 Å². The molecule has 0 atom stereocenters. The van der Waals surface area contributed by atoms with Gasteiger partial charge in [0, 0.05) is 27.5 Å². The second-order valence-corrected chi connectivity index (χ2v) is 12.5. The third-order valence-electron chi connectivity index (χ3n) is 9.47. The average Bonchev–Trinajstić information content (AvgIpc) is 3.55. The van der Waals surface area contributed by atoms with Crippen LogP contribution < -0.4 is 0 Å². The molecule has 0 aliphatic heterocycles. The molecular formula is C45H27N3O.